The molecule has 3 nitrogen and oxygen atoms in total. The van der Waals surface area contributed by atoms with Gasteiger partial charge in [0.25, 0.3) is 0 Å². The number of Topliss-reactive ketones (excluding diaryl/α,β-unsaturated/α-hetero) is 1. The Bertz CT molecular complexity index is 551. The van der Waals surface area contributed by atoms with Crippen LogP contribution in [0.1, 0.15) is 30.1 Å². The number of aromatic nitrogens is 1. The molecule has 0 saturated heterocycles. The minimum absolute atomic E-state index is 0.118. The Morgan fingerprint density at radius 2 is 2.22 bits per heavy atom. The lowest BCUT2D eigenvalue weighted by molar-refractivity contribution is 0.0878. The van der Waals surface area contributed by atoms with Gasteiger partial charge in [-0.3, -0.25) is 9.78 Å². The summed E-state index contributed by atoms with van der Waals surface area (Å²) in [5, 5.41) is 1.05. The van der Waals surface area contributed by atoms with Gasteiger partial charge in [0, 0.05) is 30.7 Å². The molecule has 0 aliphatic rings. The van der Waals surface area contributed by atoms with Crippen molar-refractivity contribution in [3.63, 3.8) is 0 Å². The van der Waals surface area contributed by atoms with Crippen molar-refractivity contribution in [2.24, 2.45) is 0 Å². The molecule has 0 amide bonds. The van der Waals surface area contributed by atoms with Crippen molar-refractivity contribution in [1.29, 1.82) is 0 Å². The van der Waals surface area contributed by atoms with Gasteiger partial charge in [-0.25, -0.2) is 0 Å². The quantitative estimate of drug-likeness (QED) is 0.757. The van der Waals surface area contributed by atoms with Crippen LogP contribution in [0.4, 0.5) is 0 Å². The highest BCUT2D eigenvalue weighted by atomic mass is 16.5. The van der Waals surface area contributed by atoms with E-state index in [1.54, 1.807) is 13.3 Å². The zero-order chi connectivity index (χ0) is 13.0. The van der Waals surface area contributed by atoms with Gasteiger partial charge in [0.05, 0.1) is 11.6 Å². The van der Waals surface area contributed by atoms with Crippen LogP contribution in [0.25, 0.3) is 10.9 Å². The molecule has 3 heteroatoms. The fourth-order valence-electron chi connectivity index (χ4n) is 1.84. The largest absolute Gasteiger partial charge is 0.382 e. The highest BCUT2D eigenvalue weighted by molar-refractivity contribution is 5.99. The van der Waals surface area contributed by atoms with Crippen molar-refractivity contribution >= 4 is 16.7 Å². The molecular weight excluding hydrogens is 226 g/mol. The summed E-state index contributed by atoms with van der Waals surface area (Å²) in [5.74, 6) is 0.145. The molecule has 0 N–H and O–H groups in total. The first-order valence-electron chi connectivity index (χ1n) is 6.11. The molecule has 0 aliphatic heterocycles. The van der Waals surface area contributed by atoms with Crippen LogP contribution in [0.3, 0.4) is 0 Å². The maximum atomic E-state index is 12.0. The molecule has 0 radical (unpaired) electrons. The van der Waals surface area contributed by atoms with Gasteiger partial charge in [-0.2, -0.15) is 0 Å². The number of nitrogens with zero attached hydrogens (tertiary/aromatic N) is 1. The van der Waals surface area contributed by atoms with Gasteiger partial charge < -0.3 is 4.74 Å². The van der Waals surface area contributed by atoms with E-state index in [0.29, 0.717) is 6.42 Å². The first-order valence-corrected chi connectivity index (χ1v) is 6.11. The number of fused-ring (bicyclic) bond motifs is 1. The summed E-state index contributed by atoms with van der Waals surface area (Å²) in [6, 6.07) is 9.54. The van der Waals surface area contributed by atoms with E-state index >= 15 is 0 Å². The molecule has 1 unspecified atom stereocenters. The van der Waals surface area contributed by atoms with E-state index in [2.05, 4.69) is 4.98 Å². The second kappa shape index (κ2) is 5.74. The van der Waals surface area contributed by atoms with Crippen LogP contribution in [0.5, 0.6) is 0 Å². The molecule has 1 atom stereocenters. The zero-order valence-corrected chi connectivity index (χ0v) is 10.7. The summed E-state index contributed by atoms with van der Waals surface area (Å²) in [6.07, 6.45) is 3.11. The smallest absolute Gasteiger partial charge is 0.163 e. The number of benzene rings is 1. The Kier molecular flexibility index (Phi) is 4.05. The third-order valence-corrected chi connectivity index (χ3v) is 3.11. The molecule has 0 aliphatic carbocycles. The minimum Gasteiger partial charge on any atom is -0.382 e. The van der Waals surface area contributed by atoms with Gasteiger partial charge in [0.1, 0.15) is 0 Å². The second-order valence-electron chi connectivity index (χ2n) is 4.42. The monoisotopic (exact) mass is 243 g/mol. The van der Waals surface area contributed by atoms with Gasteiger partial charge in [-0.1, -0.05) is 18.2 Å². The number of methoxy groups -OCH3 is 1. The van der Waals surface area contributed by atoms with E-state index in [4.69, 9.17) is 4.74 Å². The SMILES string of the molecule is COC(C)CCC(=O)c1ccc2cccnc2c1. The van der Waals surface area contributed by atoms with E-state index in [-0.39, 0.29) is 11.9 Å². The lowest BCUT2D eigenvalue weighted by Crippen LogP contribution is -2.08. The Hall–Kier alpha value is -1.74. The molecule has 1 aromatic carbocycles. The molecular formula is C15H17NO2. The van der Waals surface area contributed by atoms with Crippen LogP contribution < -0.4 is 0 Å². The normalized spacial score (nSPS) is 12.6. The molecule has 1 aromatic heterocycles. The van der Waals surface area contributed by atoms with Gasteiger partial charge in [-0.15, -0.1) is 0 Å². The second-order valence-corrected chi connectivity index (χ2v) is 4.42. The van der Waals surface area contributed by atoms with Crippen LogP contribution in [-0.2, 0) is 4.74 Å². The number of rotatable bonds is 5. The molecule has 0 saturated carbocycles. The van der Waals surface area contributed by atoms with Crippen molar-refractivity contribution in [2.75, 3.05) is 7.11 Å². The van der Waals surface area contributed by atoms with E-state index < -0.39 is 0 Å². The first kappa shape index (κ1) is 12.7. The number of hydrogen-bond acceptors (Lipinski definition) is 3. The average Bonchev–Trinajstić information content (AvgIpc) is 2.43. The molecule has 18 heavy (non-hydrogen) atoms. The molecule has 94 valence electrons. The fraction of sp³-hybridized carbons (Fsp3) is 0.333. The Labute approximate surface area is 107 Å². The standard InChI is InChI=1S/C15H17NO2/c1-11(18-2)5-8-15(17)13-7-6-12-4-3-9-16-14(12)10-13/h3-4,6-7,9-11H,5,8H2,1-2H3. The Morgan fingerprint density at radius 1 is 1.39 bits per heavy atom. The van der Waals surface area contributed by atoms with Crippen LogP contribution in [0.15, 0.2) is 36.5 Å². The molecule has 2 rings (SSSR count). The van der Waals surface area contributed by atoms with Crippen LogP contribution in [0.2, 0.25) is 0 Å². The predicted molar refractivity (Wildman–Crippen MR) is 71.8 cm³/mol. The summed E-state index contributed by atoms with van der Waals surface area (Å²) in [6.45, 7) is 1.97. The van der Waals surface area contributed by atoms with Crippen molar-refractivity contribution in [3.8, 4) is 0 Å². The van der Waals surface area contributed by atoms with E-state index in [0.717, 1.165) is 22.9 Å². The van der Waals surface area contributed by atoms with Crippen molar-refractivity contribution < 1.29 is 9.53 Å². The highest BCUT2D eigenvalue weighted by Crippen LogP contribution is 2.15. The molecule has 0 bridgehead atoms. The van der Waals surface area contributed by atoms with Crippen molar-refractivity contribution in [2.45, 2.75) is 25.9 Å². The summed E-state index contributed by atoms with van der Waals surface area (Å²) < 4.78 is 5.14. The molecule has 0 spiro atoms. The summed E-state index contributed by atoms with van der Waals surface area (Å²) in [5.41, 5.74) is 1.59. The Balaban J connectivity index is 2.13. The summed E-state index contributed by atoms with van der Waals surface area (Å²) in [4.78, 5) is 16.3. The number of carbonyl (C=O) groups is 1. The van der Waals surface area contributed by atoms with Gasteiger partial charge in [0.15, 0.2) is 5.78 Å². The summed E-state index contributed by atoms with van der Waals surface area (Å²) in [7, 11) is 1.66. The Morgan fingerprint density at radius 3 is 3.00 bits per heavy atom. The van der Waals surface area contributed by atoms with Crippen molar-refractivity contribution in [3.05, 3.63) is 42.1 Å². The van der Waals surface area contributed by atoms with E-state index in [1.807, 2.05) is 37.3 Å². The topological polar surface area (TPSA) is 39.2 Å². The summed E-state index contributed by atoms with van der Waals surface area (Å²) >= 11 is 0. The number of hydrogen-bond donors (Lipinski definition) is 0. The lowest BCUT2D eigenvalue weighted by atomic mass is 10.0. The third-order valence-electron chi connectivity index (χ3n) is 3.11. The average molecular weight is 243 g/mol. The molecule has 1 heterocycles. The van der Waals surface area contributed by atoms with Crippen LogP contribution in [-0.4, -0.2) is 24.0 Å². The van der Waals surface area contributed by atoms with E-state index in [9.17, 15) is 4.79 Å². The van der Waals surface area contributed by atoms with Gasteiger partial charge in [0.2, 0.25) is 0 Å². The molecule has 2 aromatic rings. The van der Waals surface area contributed by atoms with Crippen LogP contribution in [0, 0.1) is 0 Å². The van der Waals surface area contributed by atoms with Crippen molar-refractivity contribution in [1.82, 2.24) is 4.98 Å². The predicted octanol–water partition coefficient (Wildman–Crippen LogP) is 3.23. The number of pyridine rings is 1. The fourth-order valence-corrected chi connectivity index (χ4v) is 1.84. The molecule has 0 fully saturated rings. The maximum Gasteiger partial charge on any atom is 0.163 e. The maximum absolute atomic E-state index is 12.0. The van der Waals surface area contributed by atoms with Gasteiger partial charge >= 0.3 is 0 Å². The zero-order valence-electron chi connectivity index (χ0n) is 10.7. The highest BCUT2D eigenvalue weighted by Gasteiger charge is 2.09. The number of ether oxygens (including phenoxy) is 1. The number of ketones is 1. The van der Waals surface area contributed by atoms with Gasteiger partial charge in [-0.05, 0) is 25.5 Å². The number of carbonyl (C=O) groups excluding carboxylic acids is 1. The third kappa shape index (κ3) is 2.93. The van der Waals surface area contributed by atoms with Crippen LogP contribution >= 0.6 is 0 Å². The minimum atomic E-state index is 0.118. The van der Waals surface area contributed by atoms with E-state index in [1.165, 1.54) is 0 Å². The lowest BCUT2D eigenvalue weighted by Gasteiger charge is -2.08. The first-order chi connectivity index (χ1) is 8.70.